The van der Waals surface area contributed by atoms with Crippen molar-refractivity contribution in [1.29, 1.82) is 0 Å². The number of halogens is 1. The minimum Gasteiger partial charge on any atom is -0.507 e. The average molecular weight is 409 g/mol. The molecule has 2 aromatic rings. The molecule has 1 saturated heterocycles. The number of rotatable bonds is 6. The largest absolute Gasteiger partial charge is 0.507 e. The van der Waals surface area contributed by atoms with Crippen molar-refractivity contribution in [1.82, 2.24) is 9.88 Å². The van der Waals surface area contributed by atoms with Crippen molar-refractivity contribution in [2.24, 2.45) is 0 Å². The van der Waals surface area contributed by atoms with Gasteiger partial charge >= 0.3 is 0 Å². The second-order valence-electron chi connectivity index (χ2n) is 7.15. The molecule has 0 radical (unpaired) electrons. The molecule has 154 valence electrons. The van der Waals surface area contributed by atoms with Crippen LogP contribution in [0, 0.1) is 0 Å². The molecule has 0 aliphatic carbocycles. The highest BCUT2D eigenvalue weighted by molar-refractivity contribution is 5.85. The quantitative estimate of drug-likeness (QED) is 0.681. The predicted molar refractivity (Wildman–Crippen MR) is 110 cm³/mol. The fourth-order valence-corrected chi connectivity index (χ4v) is 3.68. The number of likely N-dealkylation sites (tertiary alicyclic amines) is 1. The molecule has 3 N–H and O–H groups in total. The molecule has 1 aromatic carbocycles. The number of aromatic nitrogens is 1. The van der Waals surface area contributed by atoms with Crippen molar-refractivity contribution in [3.63, 3.8) is 0 Å². The fraction of sp³-hybridized carbons (Fsp3) is 0.476. The number of hydrogen-bond donors (Lipinski definition) is 3. The molecule has 0 bridgehead atoms. The van der Waals surface area contributed by atoms with Gasteiger partial charge in [0.1, 0.15) is 5.75 Å². The van der Waals surface area contributed by atoms with E-state index in [1.54, 1.807) is 25.4 Å². The number of methoxy groups -OCH3 is 1. The van der Waals surface area contributed by atoms with Crippen LogP contribution in [0.3, 0.4) is 0 Å². The monoisotopic (exact) mass is 408 g/mol. The van der Waals surface area contributed by atoms with Crippen LogP contribution in [0.25, 0.3) is 0 Å². The van der Waals surface area contributed by atoms with Crippen molar-refractivity contribution in [2.45, 2.75) is 37.9 Å². The summed E-state index contributed by atoms with van der Waals surface area (Å²) >= 11 is 0. The summed E-state index contributed by atoms with van der Waals surface area (Å²) in [6, 6.07) is 9.11. The van der Waals surface area contributed by atoms with Crippen molar-refractivity contribution in [3.05, 3.63) is 53.2 Å². The number of benzene rings is 1. The zero-order valence-corrected chi connectivity index (χ0v) is 17.2. The molecule has 1 aliphatic rings. The Morgan fingerprint density at radius 1 is 1.21 bits per heavy atom. The highest BCUT2D eigenvalue weighted by Crippen LogP contribution is 2.34. The summed E-state index contributed by atoms with van der Waals surface area (Å²) in [7, 11) is 1.56. The van der Waals surface area contributed by atoms with E-state index in [0.717, 1.165) is 17.5 Å². The number of ether oxygens (including phenoxy) is 1. The van der Waals surface area contributed by atoms with Gasteiger partial charge in [0.15, 0.2) is 0 Å². The Bertz CT molecular complexity index is 762. The molecule has 0 saturated carbocycles. The highest BCUT2D eigenvalue weighted by Gasteiger charge is 2.35. The van der Waals surface area contributed by atoms with Crippen molar-refractivity contribution >= 4 is 12.4 Å². The Morgan fingerprint density at radius 3 is 2.50 bits per heavy atom. The van der Waals surface area contributed by atoms with Crippen LogP contribution in [0.1, 0.15) is 42.6 Å². The predicted octanol–water partition coefficient (Wildman–Crippen LogP) is 2.80. The summed E-state index contributed by atoms with van der Waals surface area (Å²) in [5.74, 6) is 0.711. The van der Waals surface area contributed by atoms with Crippen LogP contribution in [-0.4, -0.2) is 51.9 Å². The van der Waals surface area contributed by atoms with Gasteiger partial charge in [0.05, 0.1) is 18.8 Å². The summed E-state index contributed by atoms with van der Waals surface area (Å²) in [5, 5.41) is 31.9. The van der Waals surface area contributed by atoms with Gasteiger partial charge in [-0.05, 0) is 30.9 Å². The second kappa shape index (κ2) is 9.56. The van der Waals surface area contributed by atoms with Crippen molar-refractivity contribution in [3.8, 4) is 11.6 Å². The minimum absolute atomic E-state index is 0. The number of nitrogens with zero attached hydrogens (tertiary/aromatic N) is 2. The fourth-order valence-electron chi connectivity index (χ4n) is 3.68. The maximum atomic E-state index is 11.0. The van der Waals surface area contributed by atoms with E-state index >= 15 is 0 Å². The molecule has 1 aromatic heterocycles. The van der Waals surface area contributed by atoms with Crippen LogP contribution in [-0.2, 0) is 12.0 Å². The van der Waals surface area contributed by atoms with Gasteiger partial charge in [0.2, 0.25) is 5.88 Å². The number of pyridine rings is 1. The Morgan fingerprint density at radius 2 is 1.93 bits per heavy atom. The lowest BCUT2D eigenvalue weighted by Crippen LogP contribution is -2.44. The zero-order valence-electron chi connectivity index (χ0n) is 16.3. The Balaban J connectivity index is 0.00000280. The third-order valence-corrected chi connectivity index (χ3v) is 5.49. The molecule has 6 nitrogen and oxygen atoms in total. The summed E-state index contributed by atoms with van der Waals surface area (Å²) < 4.78 is 5.07. The first-order chi connectivity index (χ1) is 13.0. The molecule has 1 unspecified atom stereocenters. The van der Waals surface area contributed by atoms with Gasteiger partial charge in [-0.1, -0.05) is 25.1 Å². The van der Waals surface area contributed by atoms with E-state index in [4.69, 9.17) is 4.74 Å². The van der Waals surface area contributed by atoms with Crippen LogP contribution in [0.15, 0.2) is 36.5 Å². The smallest absolute Gasteiger partial charge is 0.212 e. The number of aromatic hydroxyl groups is 1. The molecule has 28 heavy (non-hydrogen) atoms. The van der Waals surface area contributed by atoms with Gasteiger partial charge in [-0.2, -0.15) is 0 Å². The first-order valence-corrected chi connectivity index (χ1v) is 9.41. The number of aliphatic hydroxyl groups is 2. The average Bonchev–Trinajstić information content (AvgIpc) is 2.70. The Kier molecular flexibility index (Phi) is 7.66. The number of β-amino-alcohol motifs (C(OH)–C–C–N with tert-alkyl or cyclic N) is 1. The lowest BCUT2D eigenvalue weighted by atomic mass is 9.85. The van der Waals surface area contributed by atoms with E-state index in [1.807, 2.05) is 25.1 Å². The lowest BCUT2D eigenvalue weighted by Gasteiger charge is -2.39. The van der Waals surface area contributed by atoms with Gasteiger partial charge < -0.3 is 25.0 Å². The summed E-state index contributed by atoms with van der Waals surface area (Å²) in [6.45, 7) is 3.73. The number of phenolic OH excluding ortho intramolecular Hbond substituents is 1. The van der Waals surface area contributed by atoms with Gasteiger partial charge in [0.25, 0.3) is 0 Å². The first kappa shape index (κ1) is 22.4. The summed E-state index contributed by atoms with van der Waals surface area (Å²) in [5.41, 5.74) is 1.28. The topological polar surface area (TPSA) is 86.1 Å². The molecular weight excluding hydrogens is 380 g/mol. The van der Waals surface area contributed by atoms with E-state index in [-0.39, 0.29) is 18.2 Å². The van der Waals surface area contributed by atoms with Crippen LogP contribution in [0.2, 0.25) is 0 Å². The molecule has 0 amide bonds. The van der Waals surface area contributed by atoms with E-state index in [2.05, 4.69) is 9.88 Å². The van der Waals surface area contributed by atoms with E-state index in [9.17, 15) is 15.3 Å². The van der Waals surface area contributed by atoms with Gasteiger partial charge in [-0.25, -0.2) is 4.98 Å². The van der Waals surface area contributed by atoms with Crippen molar-refractivity contribution < 1.29 is 20.1 Å². The number of phenols is 1. The van der Waals surface area contributed by atoms with Crippen LogP contribution >= 0.6 is 12.4 Å². The Labute approximate surface area is 172 Å². The number of hydrogen-bond acceptors (Lipinski definition) is 6. The van der Waals surface area contributed by atoms with E-state index in [0.29, 0.717) is 43.9 Å². The maximum Gasteiger partial charge on any atom is 0.212 e. The molecule has 3 rings (SSSR count). The first-order valence-electron chi connectivity index (χ1n) is 9.41. The molecule has 1 aliphatic heterocycles. The standard InChI is InChI=1S/C21H28N2O4.ClH/c1-3-15-5-4-6-17(20(15)25)18(24)14-23-11-9-21(26,10-12-23)16-7-8-19(27-2)22-13-16;/h4-8,13,18,24-26H,3,9-12,14H2,1-2H3;1H. The van der Waals surface area contributed by atoms with E-state index < -0.39 is 11.7 Å². The molecular formula is C21H29ClN2O4. The molecule has 7 heteroatoms. The molecule has 1 atom stereocenters. The minimum atomic E-state index is -0.912. The lowest BCUT2D eigenvalue weighted by molar-refractivity contribution is -0.0348. The second-order valence-corrected chi connectivity index (χ2v) is 7.15. The van der Waals surface area contributed by atoms with Gasteiger partial charge in [-0.15, -0.1) is 12.4 Å². The third-order valence-electron chi connectivity index (χ3n) is 5.49. The summed E-state index contributed by atoms with van der Waals surface area (Å²) in [6.07, 6.45) is 2.76. The number of aryl methyl sites for hydroxylation is 1. The molecule has 1 fully saturated rings. The third kappa shape index (κ3) is 4.75. The molecule has 2 heterocycles. The molecule has 0 spiro atoms. The van der Waals surface area contributed by atoms with Crippen LogP contribution < -0.4 is 4.74 Å². The van der Waals surface area contributed by atoms with Gasteiger partial charge in [-0.3, -0.25) is 0 Å². The number of piperidine rings is 1. The summed E-state index contributed by atoms with van der Waals surface area (Å²) in [4.78, 5) is 6.31. The maximum absolute atomic E-state index is 11.0. The highest BCUT2D eigenvalue weighted by atomic mass is 35.5. The van der Waals surface area contributed by atoms with Crippen molar-refractivity contribution in [2.75, 3.05) is 26.7 Å². The van der Waals surface area contributed by atoms with Crippen LogP contribution in [0.4, 0.5) is 0 Å². The van der Waals surface area contributed by atoms with E-state index in [1.165, 1.54) is 0 Å². The normalized spacial score (nSPS) is 17.6. The zero-order chi connectivity index (χ0) is 19.4. The number of aliphatic hydroxyl groups excluding tert-OH is 1. The number of para-hydroxylation sites is 1. The van der Waals surface area contributed by atoms with Gasteiger partial charge in [0, 0.05) is 43.0 Å². The van der Waals surface area contributed by atoms with Crippen LogP contribution in [0.5, 0.6) is 11.6 Å². The Hall–Kier alpha value is -1.86. The SMILES string of the molecule is CCc1cccc(C(O)CN2CCC(O)(c3ccc(OC)nc3)CC2)c1O.Cl.